The molecule has 0 aliphatic carbocycles. The molecule has 3 heterocycles. The molecule has 0 saturated carbocycles. The van der Waals surface area contributed by atoms with Gasteiger partial charge in [0.05, 0.1) is 0 Å². The molecule has 2 aliphatic heterocycles. The van der Waals surface area contributed by atoms with Crippen LogP contribution in [0.25, 0.3) is 0 Å². The van der Waals surface area contributed by atoms with E-state index in [2.05, 4.69) is 44.0 Å². The molecular formula is C20H25N5O. The number of carbonyl (C=O) groups is 1. The van der Waals surface area contributed by atoms with Crippen molar-refractivity contribution in [2.45, 2.75) is 19.3 Å². The molecule has 0 spiro atoms. The highest BCUT2D eigenvalue weighted by Crippen LogP contribution is 2.19. The van der Waals surface area contributed by atoms with E-state index in [0.29, 0.717) is 11.6 Å². The first kappa shape index (κ1) is 16.8. The maximum Gasteiger partial charge on any atom is 0.272 e. The van der Waals surface area contributed by atoms with Gasteiger partial charge in [0.1, 0.15) is 5.69 Å². The molecule has 1 amide bonds. The summed E-state index contributed by atoms with van der Waals surface area (Å²) in [5.41, 5.74) is 1.77. The second-order valence-corrected chi connectivity index (χ2v) is 6.90. The lowest BCUT2D eigenvalue weighted by Crippen LogP contribution is -2.47. The van der Waals surface area contributed by atoms with E-state index < -0.39 is 0 Å². The number of para-hydroxylation sites is 1. The SMILES string of the molecule is O=C(c1ccnc(N2CCN(c3ccccc3)CC2)n1)N1CCCCC1. The lowest BCUT2D eigenvalue weighted by Gasteiger charge is -2.36. The van der Waals surface area contributed by atoms with Crippen LogP contribution in [-0.2, 0) is 0 Å². The van der Waals surface area contributed by atoms with Gasteiger partial charge in [-0.3, -0.25) is 4.79 Å². The summed E-state index contributed by atoms with van der Waals surface area (Å²) in [6.45, 7) is 5.25. The summed E-state index contributed by atoms with van der Waals surface area (Å²) >= 11 is 0. The van der Waals surface area contributed by atoms with Gasteiger partial charge in [0.2, 0.25) is 5.95 Å². The number of hydrogen-bond acceptors (Lipinski definition) is 5. The van der Waals surface area contributed by atoms with Crippen molar-refractivity contribution in [3.63, 3.8) is 0 Å². The Morgan fingerprint density at radius 1 is 0.808 bits per heavy atom. The predicted octanol–water partition coefficient (Wildman–Crippen LogP) is 2.43. The average Bonchev–Trinajstić information content (AvgIpc) is 2.75. The van der Waals surface area contributed by atoms with Gasteiger partial charge in [0.25, 0.3) is 5.91 Å². The summed E-state index contributed by atoms with van der Waals surface area (Å²) in [4.78, 5) is 28.1. The molecule has 0 unspecified atom stereocenters. The molecule has 0 radical (unpaired) electrons. The van der Waals surface area contributed by atoms with E-state index in [1.54, 1.807) is 12.3 Å². The van der Waals surface area contributed by atoms with Crippen LogP contribution in [0.1, 0.15) is 29.8 Å². The molecule has 2 fully saturated rings. The van der Waals surface area contributed by atoms with Crippen LogP contribution >= 0.6 is 0 Å². The van der Waals surface area contributed by atoms with Crippen molar-refractivity contribution in [1.29, 1.82) is 0 Å². The van der Waals surface area contributed by atoms with Crippen LogP contribution in [0.15, 0.2) is 42.6 Å². The summed E-state index contributed by atoms with van der Waals surface area (Å²) in [6, 6.07) is 12.2. The Balaban J connectivity index is 1.42. The fraction of sp³-hybridized carbons (Fsp3) is 0.450. The molecule has 0 atom stereocenters. The van der Waals surface area contributed by atoms with Gasteiger partial charge in [-0.1, -0.05) is 18.2 Å². The minimum Gasteiger partial charge on any atom is -0.368 e. The molecular weight excluding hydrogens is 326 g/mol. The van der Waals surface area contributed by atoms with Crippen molar-refractivity contribution in [3.8, 4) is 0 Å². The molecule has 136 valence electrons. The minimum absolute atomic E-state index is 0.0382. The number of nitrogens with zero attached hydrogens (tertiary/aromatic N) is 5. The summed E-state index contributed by atoms with van der Waals surface area (Å²) in [5.74, 6) is 0.705. The lowest BCUT2D eigenvalue weighted by atomic mass is 10.1. The van der Waals surface area contributed by atoms with Crippen molar-refractivity contribution in [2.24, 2.45) is 0 Å². The fourth-order valence-electron chi connectivity index (χ4n) is 3.68. The van der Waals surface area contributed by atoms with E-state index in [-0.39, 0.29) is 5.91 Å². The molecule has 6 nitrogen and oxygen atoms in total. The van der Waals surface area contributed by atoms with Crippen molar-refractivity contribution in [1.82, 2.24) is 14.9 Å². The Morgan fingerprint density at radius 3 is 2.23 bits per heavy atom. The van der Waals surface area contributed by atoms with Gasteiger partial charge >= 0.3 is 0 Å². The molecule has 26 heavy (non-hydrogen) atoms. The smallest absolute Gasteiger partial charge is 0.272 e. The zero-order valence-corrected chi connectivity index (χ0v) is 15.0. The summed E-state index contributed by atoms with van der Waals surface area (Å²) in [6.07, 6.45) is 5.10. The van der Waals surface area contributed by atoms with E-state index in [0.717, 1.165) is 52.1 Å². The van der Waals surface area contributed by atoms with Crippen molar-refractivity contribution >= 4 is 17.5 Å². The number of hydrogen-bond donors (Lipinski definition) is 0. The molecule has 0 N–H and O–H groups in total. The maximum atomic E-state index is 12.7. The van der Waals surface area contributed by atoms with E-state index in [9.17, 15) is 4.79 Å². The highest BCUT2D eigenvalue weighted by molar-refractivity contribution is 5.92. The summed E-state index contributed by atoms with van der Waals surface area (Å²) in [5, 5.41) is 0. The third kappa shape index (κ3) is 3.64. The van der Waals surface area contributed by atoms with Gasteiger partial charge in [0, 0.05) is 51.2 Å². The van der Waals surface area contributed by atoms with E-state index >= 15 is 0 Å². The Kier molecular flexibility index (Phi) is 5.00. The average molecular weight is 351 g/mol. The van der Waals surface area contributed by atoms with E-state index in [1.165, 1.54) is 12.1 Å². The largest absolute Gasteiger partial charge is 0.368 e. The highest BCUT2D eigenvalue weighted by atomic mass is 16.2. The van der Waals surface area contributed by atoms with Crippen LogP contribution in [0.5, 0.6) is 0 Å². The quantitative estimate of drug-likeness (QED) is 0.850. The van der Waals surface area contributed by atoms with Crippen LogP contribution in [0.2, 0.25) is 0 Å². The van der Waals surface area contributed by atoms with Gasteiger partial charge in [-0.25, -0.2) is 9.97 Å². The number of piperazine rings is 1. The van der Waals surface area contributed by atoms with E-state index in [1.807, 2.05) is 11.0 Å². The maximum absolute atomic E-state index is 12.7. The second-order valence-electron chi connectivity index (χ2n) is 6.90. The standard InChI is InChI=1S/C20H25N5O/c26-19(24-11-5-2-6-12-24)18-9-10-21-20(22-18)25-15-13-23(14-16-25)17-7-3-1-4-8-17/h1,3-4,7-10H,2,5-6,11-16H2. The number of carbonyl (C=O) groups excluding carboxylic acids is 1. The number of anilines is 2. The number of rotatable bonds is 3. The Bertz CT molecular complexity index is 737. The molecule has 2 saturated heterocycles. The fourth-order valence-corrected chi connectivity index (χ4v) is 3.68. The van der Waals surface area contributed by atoms with Gasteiger partial charge < -0.3 is 14.7 Å². The minimum atomic E-state index is 0.0382. The Labute approximate surface area is 154 Å². The number of amides is 1. The zero-order valence-electron chi connectivity index (χ0n) is 15.0. The predicted molar refractivity (Wildman–Crippen MR) is 103 cm³/mol. The molecule has 2 aliphatic rings. The second kappa shape index (κ2) is 7.72. The Morgan fingerprint density at radius 2 is 1.50 bits per heavy atom. The molecule has 6 heteroatoms. The number of likely N-dealkylation sites (tertiary alicyclic amines) is 1. The van der Waals surface area contributed by atoms with Crippen molar-refractivity contribution in [2.75, 3.05) is 49.1 Å². The third-order valence-corrected chi connectivity index (χ3v) is 5.19. The first-order valence-electron chi connectivity index (χ1n) is 9.48. The third-order valence-electron chi connectivity index (χ3n) is 5.19. The van der Waals surface area contributed by atoms with E-state index in [4.69, 9.17) is 0 Å². The topological polar surface area (TPSA) is 52.6 Å². The molecule has 1 aromatic heterocycles. The zero-order chi connectivity index (χ0) is 17.8. The van der Waals surface area contributed by atoms with Crippen LogP contribution in [0, 0.1) is 0 Å². The van der Waals surface area contributed by atoms with Crippen LogP contribution < -0.4 is 9.80 Å². The number of aromatic nitrogens is 2. The number of benzene rings is 1. The highest BCUT2D eigenvalue weighted by Gasteiger charge is 2.23. The van der Waals surface area contributed by atoms with Crippen LogP contribution in [0.4, 0.5) is 11.6 Å². The lowest BCUT2D eigenvalue weighted by molar-refractivity contribution is 0.0718. The normalized spacial score (nSPS) is 18.1. The molecule has 4 rings (SSSR count). The number of piperidine rings is 1. The van der Waals surface area contributed by atoms with Gasteiger partial charge in [0.15, 0.2) is 0 Å². The first-order valence-corrected chi connectivity index (χ1v) is 9.48. The van der Waals surface area contributed by atoms with Crippen LogP contribution in [-0.4, -0.2) is 60.0 Å². The molecule has 2 aromatic rings. The summed E-state index contributed by atoms with van der Waals surface area (Å²) < 4.78 is 0. The monoisotopic (exact) mass is 351 g/mol. The van der Waals surface area contributed by atoms with Crippen molar-refractivity contribution < 1.29 is 4.79 Å². The molecule has 0 bridgehead atoms. The van der Waals surface area contributed by atoms with Crippen molar-refractivity contribution in [3.05, 3.63) is 48.3 Å². The van der Waals surface area contributed by atoms with Gasteiger partial charge in [-0.05, 0) is 37.5 Å². The molecule has 1 aromatic carbocycles. The van der Waals surface area contributed by atoms with Gasteiger partial charge in [-0.15, -0.1) is 0 Å². The Hall–Kier alpha value is -2.63. The summed E-state index contributed by atoms with van der Waals surface area (Å²) in [7, 11) is 0. The van der Waals surface area contributed by atoms with Crippen LogP contribution in [0.3, 0.4) is 0 Å². The first-order chi connectivity index (χ1) is 12.8. The van der Waals surface area contributed by atoms with Gasteiger partial charge in [-0.2, -0.15) is 0 Å².